The Morgan fingerprint density at radius 2 is 2.00 bits per heavy atom. The second-order valence-electron chi connectivity index (χ2n) is 4.09. The van der Waals surface area contributed by atoms with Crippen LogP contribution in [0.1, 0.15) is 23.2 Å². The normalized spacial score (nSPS) is 15.4. The van der Waals surface area contributed by atoms with Crippen LogP contribution >= 0.6 is 0 Å². The third-order valence-corrected chi connectivity index (χ3v) is 2.99. The highest BCUT2D eigenvalue weighted by Gasteiger charge is 2.15. The molecule has 4 nitrogen and oxygen atoms in total. The van der Waals surface area contributed by atoms with Gasteiger partial charge >= 0.3 is 0 Å². The zero-order valence-corrected chi connectivity index (χ0v) is 9.28. The summed E-state index contributed by atoms with van der Waals surface area (Å²) in [4.78, 5) is 13.8. The molecule has 1 aromatic carbocycles. The fourth-order valence-electron chi connectivity index (χ4n) is 2.07. The first-order valence-corrected chi connectivity index (χ1v) is 5.60. The topological polar surface area (TPSA) is 72.4 Å². The van der Waals surface area contributed by atoms with Gasteiger partial charge in [0.05, 0.1) is 6.54 Å². The Bertz CT molecular complexity index is 397. The van der Waals surface area contributed by atoms with Crippen LogP contribution in [-0.4, -0.2) is 25.4 Å². The lowest BCUT2D eigenvalue weighted by Crippen LogP contribution is -2.20. The predicted octanol–water partition coefficient (Wildman–Crippen LogP) is 1.01. The first-order valence-electron chi connectivity index (χ1n) is 5.60. The summed E-state index contributed by atoms with van der Waals surface area (Å²) in [6.45, 7) is 2.12. The molecule has 1 aromatic rings. The summed E-state index contributed by atoms with van der Waals surface area (Å²) >= 11 is 0. The van der Waals surface area contributed by atoms with E-state index in [9.17, 15) is 4.79 Å². The van der Waals surface area contributed by atoms with Crippen LogP contribution in [0.3, 0.4) is 0 Å². The molecule has 16 heavy (non-hydrogen) atoms. The molecule has 1 saturated heterocycles. The van der Waals surface area contributed by atoms with Crippen LogP contribution in [0.25, 0.3) is 0 Å². The van der Waals surface area contributed by atoms with Crippen LogP contribution in [-0.2, 0) is 0 Å². The number of hydrogen-bond acceptors (Lipinski definition) is 4. The van der Waals surface area contributed by atoms with Gasteiger partial charge in [-0.1, -0.05) is 0 Å². The number of benzene rings is 1. The quantitative estimate of drug-likeness (QED) is 0.588. The molecule has 4 heteroatoms. The average molecular weight is 219 g/mol. The third-order valence-electron chi connectivity index (χ3n) is 2.99. The molecule has 0 aromatic heterocycles. The van der Waals surface area contributed by atoms with Gasteiger partial charge in [0.2, 0.25) is 0 Å². The number of Topliss-reactive ketones (excluding diaryl/α,β-unsaturated/α-hetero) is 1. The van der Waals surface area contributed by atoms with Crippen molar-refractivity contribution in [2.75, 3.05) is 30.3 Å². The van der Waals surface area contributed by atoms with Gasteiger partial charge in [-0.25, -0.2) is 0 Å². The van der Waals surface area contributed by atoms with E-state index in [1.165, 1.54) is 12.8 Å². The van der Waals surface area contributed by atoms with E-state index in [2.05, 4.69) is 4.90 Å². The van der Waals surface area contributed by atoms with Crippen molar-refractivity contribution in [2.24, 2.45) is 5.73 Å². The number of carbonyl (C=O) groups excluding carboxylic acids is 1. The highest BCUT2D eigenvalue weighted by Crippen LogP contribution is 2.24. The van der Waals surface area contributed by atoms with Gasteiger partial charge in [-0.3, -0.25) is 4.79 Å². The summed E-state index contributed by atoms with van der Waals surface area (Å²) in [7, 11) is 0. The Hall–Kier alpha value is -1.55. The number of nitrogens with zero attached hydrogens (tertiary/aromatic N) is 1. The van der Waals surface area contributed by atoms with Crippen LogP contribution in [0.5, 0.6) is 0 Å². The maximum atomic E-state index is 11.6. The Morgan fingerprint density at radius 3 is 2.62 bits per heavy atom. The molecule has 0 unspecified atom stereocenters. The summed E-state index contributed by atoms with van der Waals surface area (Å²) in [5, 5.41) is 0. The van der Waals surface area contributed by atoms with E-state index in [0.717, 1.165) is 18.8 Å². The number of anilines is 2. The molecule has 0 spiro atoms. The van der Waals surface area contributed by atoms with Crippen molar-refractivity contribution in [3.05, 3.63) is 23.8 Å². The van der Waals surface area contributed by atoms with Crippen molar-refractivity contribution in [2.45, 2.75) is 12.8 Å². The summed E-state index contributed by atoms with van der Waals surface area (Å²) in [5.41, 5.74) is 13.3. The van der Waals surface area contributed by atoms with Crippen LogP contribution in [0.4, 0.5) is 11.4 Å². The molecule has 1 aliphatic heterocycles. The second-order valence-corrected chi connectivity index (χ2v) is 4.09. The molecular formula is C12H17N3O. The van der Waals surface area contributed by atoms with E-state index >= 15 is 0 Å². The second kappa shape index (κ2) is 4.53. The van der Waals surface area contributed by atoms with Gasteiger partial charge in [0, 0.05) is 30.0 Å². The first-order chi connectivity index (χ1) is 7.72. The predicted molar refractivity (Wildman–Crippen MR) is 65.7 cm³/mol. The standard InChI is InChI=1S/C12H17N3O/c13-8-12(16)10-7-9(3-4-11(10)14)15-5-1-2-6-15/h3-4,7H,1-2,5-6,8,13-14H2. The molecule has 2 rings (SSSR count). The van der Waals surface area contributed by atoms with Crippen LogP contribution in [0.15, 0.2) is 18.2 Å². The zero-order chi connectivity index (χ0) is 11.5. The average Bonchev–Trinajstić information content (AvgIpc) is 2.82. The number of ketones is 1. The Labute approximate surface area is 95.2 Å². The highest BCUT2D eigenvalue weighted by molar-refractivity contribution is 6.02. The molecule has 0 atom stereocenters. The maximum absolute atomic E-state index is 11.6. The Morgan fingerprint density at radius 1 is 1.31 bits per heavy atom. The maximum Gasteiger partial charge on any atom is 0.178 e. The van der Waals surface area contributed by atoms with Gasteiger partial charge in [-0.2, -0.15) is 0 Å². The van der Waals surface area contributed by atoms with Gasteiger partial charge in [0.25, 0.3) is 0 Å². The highest BCUT2D eigenvalue weighted by atomic mass is 16.1. The van der Waals surface area contributed by atoms with Crippen LogP contribution in [0, 0.1) is 0 Å². The molecule has 1 aliphatic rings. The van der Waals surface area contributed by atoms with Crippen molar-refractivity contribution in [3.8, 4) is 0 Å². The van der Waals surface area contributed by atoms with E-state index in [1.54, 1.807) is 6.07 Å². The summed E-state index contributed by atoms with van der Waals surface area (Å²) in [5.74, 6) is -0.0986. The van der Waals surface area contributed by atoms with Gasteiger partial charge in [-0.05, 0) is 31.0 Å². The molecule has 0 bridgehead atoms. The molecule has 86 valence electrons. The third kappa shape index (κ3) is 2.02. The van der Waals surface area contributed by atoms with Crippen molar-refractivity contribution in [1.82, 2.24) is 0 Å². The molecule has 0 amide bonds. The lowest BCUT2D eigenvalue weighted by atomic mass is 10.1. The minimum atomic E-state index is -0.0986. The van der Waals surface area contributed by atoms with E-state index in [4.69, 9.17) is 11.5 Å². The van der Waals surface area contributed by atoms with E-state index in [-0.39, 0.29) is 12.3 Å². The van der Waals surface area contributed by atoms with Crippen molar-refractivity contribution in [1.29, 1.82) is 0 Å². The van der Waals surface area contributed by atoms with Crippen LogP contribution < -0.4 is 16.4 Å². The van der Waals surface area contributed by atoms with E-state index in [0.29, 0.717) is 11.3 Å². The molecule has 4 N–H and O–H groups in total. The minimum Gasteiger partial charge on any atom is -0.398 e. The van der Waals surface area contributed by atoms with Crippen molar-refractivity contribution < 1.29 is 4.79 Å². The fraction of sp³-hybridized carbons (Fsp3) is 0.417. The van der Waals surface area contributed by atoms with E-state index < -0.39 is 0 Å². The molecule has 1 heterocycles. The number of rotatable bonds is 3. The van der Waals surface area contributed by atoms with Crippen LogP contribution in [0.2, 0.25) is 0 Å². The van der Waals surface area contributed by atoms with Gasteiger partial charge in [0.15, 0.2) is 5.78 Å². The zero-order valence-electron chi connectivity index (χ0n) is 9.28. The lowest BCUT2D eigenvalue weighted by molar-refractivity contribution is 0.100. The number of carbonyl (C=O) groups is 1. The summed E-state index contributed by atoms with van der Waals surface area (Å²) in [6, 6.07) is 5.61. The minimum absolute atomic E-state index is 0.00759. The molecule has 0 aliphatic carbocycles. The van der Waals surface area contributed by atoms with Crippen molar-refractivity contribution in [3.63, 3.8) is 0 Å². The van der Waals surface area contributed by atoms with Gasteiger partial charge in [-0.15, -0.1) is 0 Å². The molecule has 1 fully saturated rings. The smallest absolute Gasteiger partial charge is 0.178 e. The number of nitrogen functional groups attached to an aromatic ring is 1. The number of hydrogen-bond donors (Lipinski definition) is 2. The summed E-state index contributed by atoms with van der Waals surface area (Å²) < 4.78 is 0. The fourth-order valence-corrected chi connectivity index (χ4v) is 2.07. The largest absolute Gasteiger partial charge is 0.398 e. The monoisotopic (exact) mass is 219 g/mol. The van der Waals surface area contributed by atoms with Crippen molar-refractivity contribution >= 4 is 17.2 Å². The lowest BCUT2D eigenvalue weighted by Gasteiger charge is -2.18. The first kappa shape index (κ1) is 11.0. The Kier molecular flexibility index (Phi) is 3.10. The SMILES string of the molecule is NCC(=O)c1cc(N2CCCC2)ccc1N. The molecular weight excluding hydrogens is 202 g/mol. The molecule has 0 radical (unpaired) electrons. The van der Waals surface area contributed by atoms with Gasteiger partial charge in [0.1, 0.15) is 0 Å². The van der Waals surface area contributed by atoms with Gasteiger partial charge < -0.3 is 16.4 Å². The summed E-state index contributed by atoms with van der Waals surface area (Å²) in [6.07, 6.45) is 2.43. The Balaban J connectivity index is 2.30. The number of nitrogens with two attached hydrogens (primary N) is 2. The van der Waals surface area contributed by atoms with E-state index in [1.807, 2.05) is 12.1 Å². The molecule has 0 saturated carbocycles.